The van der Waals surface area contributed by atoms with Crippen LogP contribution in [0.25, 0.3) is 0 Å². The number of nitrogens with zero attached hydrogens (tertiary/aromatic N) is 2. The van der Waals surface area contributed by atoms with Crippen LogP contribution in [0, 0.1) is 0 Å². The molecule has 0 atom stereocenters. The van der Waals surface area contributed by atoms with Gasteiger partial charge in [-0.2, -0.15) is 5.10 Å². The molecule has 0 saturated carbocycles. The lowest BCUT2D eigenvalue weighted by Gasteiger charge is -2.04. The molecule has 0 unspecified atom stereocenters. The highest BCUT2D eigenvalue weighted by molar-refractivity contribution is 6.29. The zero-order chi connectivity index (χ0) is 13.7. The number of rotatable bonds is 5. The molecule has 0 saturated heterocycles. The SMILES string of the molecule is COc1cccc(CC(=O)Cc2ccc(Cl)nn2)c1. The van der Waals surface area contributed by atoms with Crippen molar-refractivity contribution in [1.29, 1.82) is 0 Å². The van der Waals surface area contributed by atoms with Crippen molar-refractivity contribution in [3.05, 3.63) is 52.8 Å². The monoisotopic (exact) mass is 276 g/mol. The number of benzene rings is 1. The van der Waals surface area contributed by atoms with E-state index in [1.807, 2.05) is 24.3 Å². The lowest BCUT2D eigenvalue weighted by Crippen LogP contribution is -2.08. The van der Waals surface area contributed by atoms with E-state index in [1.165, 1.54) is 0 Å². The van der Waals surface area contributed by atoms with E-state index in [0.717, 1.165) is 11.3 Å². The van der Waals surface area contributed by atoms with Gasteiger partial charge in [0.15, 0.2) is 5.15 Å². The highest BCUT2D eigenvalue weighted by Crippen LogP contribution is 2.13. The van der Waals surface area contributed by atoms with Gasteiger partial charge in [0, 0.05) is 6.42 Å². The van der Waals surface area contributed by atoms with Crippen LogP contribution < -0.4 is 4.74 Å². The Morgan fingerprint density at radius 3 is 2.74 bits per heavy atom. The molecule has 1 aromatic heterocycles. The zero-order valence-electron chi connectivity index (χ0n) is 10.5. The van der Waals surface area contributed by atoms with Gasteiger partial charge in [0.1, 0.15) is 11.5 Å². The van der Waals surface area contributed by atoms with Gasteiger partial charge in [-0.15, -0.1) is 5.10 Å². The summed E-state index contributed by atoms with van der Waals surface area (Å²) in [5, 5.41) is 7.90. The van der Waals surface area contributed by atoms with E-state index in [1.54, 1.807) is 19.2 Å². The minimum atomic E-state index is 0.0740. The van der Waals surface area contributed by atoms with Crippen LogP contribution in [0.3, 0.4) is 0 Å². The van der Waals surface area contributed by atoms with Crippen molar-refractivity contribution in [3.63, 3.8) is 0 Å². The Labute approximate surface area is 116 Å². The number of hydrogen-bond donors (Lipinski definition) is 0. The van der Waals surface area contributed by atoms with E-state index < -0.39 is 0 Å². The predicted molar refractivity (Wildman–Crippen MR) is 72.5 cm³/mol. The van der Waals surface area contributed by atoms with Crippen molar-refractivity contribution in [1.82, 2.24) is 10.2 Å². The van der Waals surface area contributed by atoms with Gasteiger partial charge >= 0.3 is 0 Å². The van der Waals surface area contributed by atoms with Crippen LogP contribution in [0.2, 0.25) is 5.15 Å². The van der Waals surface area contributed by atoms with Crippen molar-refractivity contribution in [2.24, 2.45) is 0 Å². The number of Topliss-reactive ketones (excluding diaryl/α,β-unsaturated/α-hetero) is 1. The van der Waals surface area contributed by atoms with Crippen molar-refractivity contribution in [3.8, 4) is 5.75 Å². The second-order valence-corrected chi connectivity index (χ2v) is 4.48. The number of aromatic nitrogens is 2. The number of hydrogen-bond acceptors (Lipinski definition) is 4. The number of methoxy groups -OCH3 is 1. The average Bonchev–Trinajstić information content (AvgIpc) is 2.41. The first-order chi connectivity index (χ1) is 9.17. The number of ether oxygens (including phenoxy) is 1. The molecule has 2 rings (SSSR count). The summed E-state index contributed by atoms with van der Waals surface area (Å²) in [7, 11) is 1.60. The van der Waals surface area contributed by atoms with Crippen molar-refractivity contribution >= 4 is 17.4 Å². The second kappa shape index (κ2) is 6.29. The van der Waals surface area contributed by atoms with Crippen molar-refractivity contribution in [2.75, 3.05) is 7.11 Å². The van der Waals surface area contributed by atoms with Gasteiger partial charge in [0.2, 0.25) is 0 Å². The largest absolute Gasteiger partial charge is 0.497 e. The van der Waals surface area contributed by atoms with E-state index in [4.69, 9.17) is 16.3 Å². The molecule has 0 radical (unpaired) electrons. The fraction of sp³-hybridized carbons (Fsp3) is 0.214. The molecule has 1 heterocycles. The van der Waals surface area contributed by atoms with E-state index in [-0.39, 0.29) is 12.2 Å². The van der Waals surface area contributed by atoms with Crippen LogP contribution in [0.1, 0.15) is 11.3 Å². The molecule has 0 bridgehead atoms. The van der Waals surface area contributed by atoms with Crippen LogP contribution >= 0.6 is 11.6 Å². The maximum absolute atomic E-state index is 11.9. The van der Waals surface area contributed by atoms with Gasteiger partial charge < -0.3 is 4.74 Å². The van der Waals surface area contributed by atoms with E-state index in [9.17, 15) is 4.79 Å². The number of ketones is 1. The third-order valence-corrected chi connectivity index (χ3v) is 2.80. The topological polar surface area (TPSA) is 52.1 Å². The summed E-state index contributed by atoms with van der Waals surface area (Å²) >= 11 is 5.64. The van der Waals surface area contributed by atoms with Gasteiger partial charge in [0.05, 0.1) is 19.2 Å². The Morgan fingerprint density at radius 1 is 1.21 bits per heavy atom. The van der Waals surface area contributed by atoms with Gasteiger partial charge in [-0.3, -0.25) is 4.79 Å². The van der Waals surface area contributed by atoms with Crippen molar-refractivity contribution < 1.29 is 9.53 Å². The van der Waals surface area contributed by atoms with E-state index in [2.05, 4.69) is 10.2 Å². The van der Waals surface area contributed by atoms with Gasteiger partial charge in [-0.25, -0.2) is 0 Å². The van der Waals surface area contributed by atoms with Crippen LogP contribution in [0.4, 0.5) is 0 Å². The summed E-state index contributed by atoms with van der Waals surface area (Å²) in [6, 6.07) is 10.8. The first-order valence-electron chi connectivity index (χ1n) is 5.80. The normalized spacial score (nSPS) is 10.2. The summed E-state index contributed by atoms with van der Waals surface area (Å²) in [6.45, 7) is 0. The number of halogens is 1. The van der Waals surface area contributed by atoms with Crippen LogP contribution in [0.15, 0.2) is 36.4 Å². The molecule has 4 nitrogen and oxygen atoms in total. The Morgan fingerprint density at radius 2 is 2.05 bits per heavy atom. The van der Waals surface area contributed by atoms with Crippen molar-refractivity contribution in [2.45, 2.75) is 12.8 Å². The summed E-state index contributed by atoms with van der Waals surface area (Å²) in [6.07, 6.45) is 0.600. The van der Waals surface area contributed by atoms with E-state index >= 15 is 0 Å². The molecule has 98 valence electrons. The zero-order valence-corrected chi connectivity index (χ0v) is 11.2. The lowest BCUT2D eigenvalue weighted by atomic mass is 10.1. The smallest absolute Gasteiger partial charge is 0.151 e. The third kappa shape index (κ3) is 4.03. The highest BCUT2D eigenvalue weighted by Gasteiger charge is 2.07. The molecule has 1 aromatic carbocycles. The first kappa shape index (κ1) is 13.5. The molecule has 2 aromatic rings. The van der Waals surface area contributed by atoms with Gasteiger partial charge in [0.25, 0.3) is 0 Å². The minimum Gasteiger partial charge on any atom is -0.497 e. The summed E-state index contributed by atoms with van der Waals surface area (Å²) in [5.74, 6) is 0.821. The quantitative estimate of drug-likeness (QED) is 0.842. The molecule has 0 spiro atoms. The molecule has 5 heteroatoms. The van der Waals surface area contributed by atoms with Crippen LogP contribution in [-0.4, -0.2) is 23.1 Å². The van der Waals surface area contributed by atoms with Crippen LogP contribution in [0.5, 0.6) is 5.75 Å². The molecule has 19 heavy (non-hydrogen) atoms. The summed E-state index contributed by atoms with van der Waals surface area (Å²) < 4.78 is 5.12. The molecular weight excluding hydrogens is 264 g/mol. The highest BCUT2D eigenvalue weighted by atomic mass is 35.5. The molecule has 0 aliphatic carbocycles. The lowest BCUT2D eigenvalue weighted by molar-refractivity contribution is -0.117. The molecule has 0 fully saturated rings. The fourth-order valence-corrected chi connectivity index (χ4v) is 1.81. The minimum absolute atomic E-state index is 0.0740. The Hall–Kier alpha value is -1.94. The number of carbonyl (C=O) groups excluding carboxylic acids is 1. The van der Waals surface area contributed by atoms with Crippen LogP contribution in [-0.2, 0) is 17.6 Å². The average molecular weight is 277 g/mol. The second-order valence-electron chi connectivity index (χ2n) is 4.09. The maximum Gasteiger partial charge on any atom is 0.151 e. The Kier molecular flexibility index (Phi) is 4.47. The Bertz CT molecular complexity index is 570. The molecule has 0 aliphatic rings. The third-order valence-electron chi connectivity index (χ3n) is 2.60. The summed E-state index contributed by atoms with van der Waals surface area (Å²) in [4.78, 5) is 11.9. The van der Waals surface area contributed by atoms with Gasteiger partial charge in [-0.05, 0) is 29.8 Å². The maximum atomic E-state index is 11.9. The van der Waals surface area contributed by atoms with Gasteiger partial charge in [-0.1, -0.05) is 23.7 Å². The number of carbonyl (C=O) groups is 1. The molecular formula is C14H13ClN2O2. The molecule has 0 aliphatic heterocycles. The standard InChI is InChI=1S/C14H13ClN2O2/c1-19-13-4-2-3-10(8-13)7-12(18)9-11-5-6-14(15)17-16-11/h2-6,8H,7,9H2,1H3. The summed E-state index contributed by atoms with van der Waals surface area (Å²) in [5.41, 5.74) is 1.54. The predicted octanol–water partition coefficient (Wildman–Crippen LogP) is 2.49. The van der Waals surface area contributed by atoms with E-state index in [0.29, 0.717) is 17.3 Å². The Balaban J connectivity index is 1.99. The molecule has 0 N–H and O–H groups in total. The molecule has 0 amide bonds. The fourth-order valence-electron chi connectivity index (χ4n) is 1.71. The first-order valence-corrected chi connectivity index (χ1v) is 6.18.